The van der Waals surface area contributed by atoms with Crippen LogP contribution in [0.4, 0.5) is 0 Å². The van der Waals surface area contributed by atoms with Crippen LogP contribution in [-0.2, 0) is 6.54 Å². The van der Waals surface area contributed by atoms with Gasteiger partial charge in [-0.05, 0) is 68.7 Å². The van der Waals surface area contributed by atoms with Gasteiger partial charge in [0.15, 0.2) is 5.82 Å². The van der Waals surface area contributed by atoms with Crippen LogP contribution in [-0.4, -0.2) is 59.6 Å². The summed E-state index contributed by atoms with van der Waals surface area (Å²) in [6.07, 6.45) is 12.5. The lowest BCUT2D eigenvalue weighted by molar-refractivity contribution is 0.0668. The molecule has 160 valence electrons. The standard InChI is InChI=1S/C25H34N4O/c1-30-23-9-3-2-8-22(23)24-26-14-21(15-27-24)17-29-13-11-25(19-29)10-5-12-28(18-25)16-20-6-4-7-20/h2-3,8-9,14-15,20H,4-7,10-13,16-19H2,1H3. The highest BCUT2D eigenvalue weighted by Crippen LogP contribution is 2.40. The highest BCUT2D eigenvalue weighted by Gasteiger charge is 2.41. The number of para-hydroxylation sites is 1. The first-order chi connectivity index (χ1) is 14.7. The largest absolute Gasteiger partial charge is 0.496 e. The quantitative estimate of drug-likeness (QED) is 0.718. The Balaban J connectivity index is 1.19. The van der Waals surface area contributed by atoms with E-state index in [1.165, 1.54) is 76.8 Å². The van der Waals surface area contributed by atoms with Crippen LogP contribution in [0.2, 0.25) is 0 Å². The third-order valence-electron chi connectivity index (χ3n) is 7.46. The van der Waals surface area contributed by atoms with Crippen molar-refractivity contribution in [1.29, 1.82) is 0 Å². The topological polar surface area (TPSA) is 41.5 Å². The second kappa shape index (κ2) is 8.64. The smallest absolute Gasteiger partial charge is 0.162 e. The third-order valence-corrected chi connectivity index (χ3v) is 7.46. The van der Waals surface area contributed by atoms with Gasteiger partial charge in [-0.1, -0.05) is 18.6 Å². The van der Waals surface area contributed by atoms with Crippen LogP contribution in [0, 0.1) is 11.3 Å². The zero-order chi connectivity index (χ0) is 20.4. The Kier molecular flexibility index (Phi) is 5.74. The van der Waals surface area contributed by atoms with E-state index in [0.29, 0.717) is 5.41 Å². The molecular weight excluding hydrogens is 372 g/mol. The molecule has 1 aliphatic carbocycles. The van der Waals surface area contributed by atoms with E-state index in [4.69, 9.17) is 4.74 Å². The Morgan fingerprint density at radius 1 is 1.00 bits per heavy atom. The molecular formula is C25H34N4O. The summed E-state index contributed by atoms with van der Waals surface area (Å²) in [5.74, 6) is 2.53. The fraction of sp³-hybridized carbons (Fsp3) is 0.600. The van der Waals surface area contributed by atoms with Crippen molar-refractivity contribution in [3.63, 3.8) is 0 Å². The predicted octanol–water partition coefficient (Wildman–Crippen LogP) is 4.24. The monoisotopic (exact) mass is 406 g/mol. The first-order valence-corrected chi connectivity index (χ1v) is 11.6. The number of benzene rings is 1. The van der Waals surface area contributed by atoms with Crippen LogP contribution in [0.5, 0.6) is 5.75 Å². The fourth-order valence-electron chi connectivity index (χ4n) is 5.67. The van der Waals surface area contributed by atoms with Gasteiger partial charge in [-0.25, -0.2) is 9.97 Å². The van der Waals surface area contributed by atoms with Gasteiger partial charge < -0.3 is 9.64 Å². The van der Waals surface area contributed by atoms with Crippen molar-refractivity contribution >= 4 is 0 Å². The maximum Gasteiger partial charge on any atom is 0.162 e. The number of ether oxygens (including phenoxy) is 1. The first-order valence-electron chi connectivity index (χ1n) is 11.6. The van der Waals surface area contributed by atoms with E-state index < -0.39 is 0 Å². The molecule has 0 N–H and O–H groups in total. The predicted molar refractivity (Wildman–Crippen MR) is 119 cm³/mol. The maximum absolute atomic E-state index is 5.45. The van der Waals surface area contributed by atoms with E-state index in [-0.39, 0.29) is 0 Å². The van der Waals surface area contributed by atoms with Gasteiger partial charge in [0.25, 0.3) is 0 Å². The minimum Gasteiger partial charge on any atom is -0.496 e. The summed E-state index contributed by atoms with van der Waals surface area (Å²) in [5.41, 5.74) is 2.66. The van der Waals surface area contributed by atoms with Gasteiger partial charge in [0, 0.05) is 44.1 Å². The second-order valence-electron chi connectivity index (χ2n) is 9.71. The molecule has 2 aliphatic heterocycles. The molecule has 3 fully saturated rings. The maximum atomic E-state index is 5.45. The molecule has 1 aromatic carbocycles. The number of hydrogen-bond acceptors (Lipinski definition) is 5. The van der Waals surface area contributed by atoms with Gasteiger partial charge in [-0.3, -0.25) is 4.90 Å². The van der Waals surface area contributed by atoms with Crippen LogP contribution < -0.4 is 4.74 Å². The van der Waals surface area contributed by atoms with Crippen LogP contribution >= 0.6 is 0 Å². The molecule has 30 heavy (non-hydrogen) atoms. The summed E-state index contributed by atoms with van der Waals surface area (Å²) >= 11 is 0. The fourth-order valence-corrected chi connectivity index (χ4v) is 5.67. The summed E-state index contributed by atoms with van der Waals surface area (Å²) in [6, 6.07) is 7.93. The molecule has 3 aliphatic rings. The Hall–Kier alpha value is -1.98. The van der Waals surface area contributed by atoms with E-state index in [0.717, 1.165) is 29.6 Å². The van der Waals surface area contributed by atoms with Crippen molar-refractivity contribution < 1.29 is 4.74 Å². The molecule has 1 atom stereocenters. The average molecular weight is 407 g/mol. The molecule has 1 saturated carbocycles. The van der Waals surface area contributed by atoms with E-state index >= 15 is 0 Å². The van der Waals surface area contributed by atoms with Gasteiger partial charge in [-0.15, -0.1) is 0 Å². The van der Waals surface area contributed by atoms with E-state index in [9.17, 15) is 0 Å². The molecule has 0 bridgehead atoms. The molecule has 2 saturated heterocycles. The van der Waals surface area contributed by atoms with E-state index in [1.807, 2.05) is 36.7 Å². The molecule has 5 nitrogen and oxygen atoms in total. The Morgan fingerprint density at radius 3 is 2.57 bits per heavy atom. The second-order valence-corrected chi connectivity index (χ2v) is 9.71. The van der Waals surface area contributed by atoms with Crippen LogP contribution in [0.3, 0.4) is 0 Å². The third kappa shape index (κ3) is 4.23. The molecule has 1 spiro atoms. The van der Waals surface area contributed by atoms with Gasteiger partial charge in [-0.2, -0.15) is 0 Å². The summed E-state index contributed by atoms with van der Waals surface area (Å²) in [6.45, 7) is 7.35. The van der Waals surface area contributed by atoms with Crippen LogP contribution in [0.1, 0.15) is 44.1 Å². The van der Waals surface area contributed by atoms with Crippen LogP contribution in [0.15, 0.2) is 36.7 Å². The van der Waals surface area contributed by atoms with Gasteiger partial charge >= 0.3 is 0 Å². The van der Waals surface area contributed by atoms with Gasteiger partial charge in [0.05, 0.1) is 12.7 Å². The van der Waals surface area contributed by atoms with E-state index in [2.05, 4.69) is 19.8 Å². The molecule has 5 rings (SSSR count). The molecule has 0 radical (unpaired) electrons. The minimum atomic E-state index is 0.514. The summed E-state index contributed by atoms with van der Waals surface area (Å²) in [7, 11) is 1.69. The number of likely N-dealkylation sites (tertiary alicyclic amines) is 2. The van der Waals surface area contributed by atoms with Crippen molar-refractivity contribution in [3.8, 4) is 17.1 Å². The number of aromatic nitrogens is 2. The van der Waals surface area contributed by atoms with Crippen LogP contribution in [0.25, 0.3) is 11.4 Å². The summed E-state index contributed by atoms with van der Waals surface area (Å²) < 4.78 is 5.45. The van der Waals surface area contributed by atoms with Crippen molar-refractivity contribution in [2.75, 3.05) is 39.8 Å². The molecule has 3 heterocycles. The number of hydrogen-bond donors (Lipinski definition) is 0. The molecule has 2 aromatic rings. The number of piperidine rings is 1. The van der Waals surface area contributed by atoms with E-state index in [1.54, 1.807) is 7.11 Å². The Morgan fingerprint density at radius 2 is 1.80 bits per heavy atom. The minimum absolute atomic E-state index is 0.514. The lowest BCUT2D eigenvalue weighted by Gasteiger charge is -2.43. The average Bonchev–Trinajstić information content (AvgIpc) is 3.12. The number of nitrogens with zero attached hydrogens (tertiary/aromatic N) is 4. The zero-order valence-corrected chi connectivity index (χ0v) is 18.2. The lowest BCUT2D eigenvalue weighted by Crippen LogP contribution is -2.47. The first kappa shape index (κ1) is 20.0. The Labute approximate surface area is 180 Å². The Bertz CT molecular complexity index is 850. The highest BCUT2D eigenvalue weighted by atomic mass is 16.5. The highest BCUT2D eigenvalue weighted by molar-refractivity contribution is 5.63. The SMILES string of the molecule is COc1ccccc1-c1ncc(CN2CCC3(CCCN(CC4CCC4)C3)C2)cn1. The molecule has 5 heteroatoms. The van der Waals surface area contributed by atoms with Crippen molar-refractivity contribution in [2.24, 2.45) is 11.3 Å². The molecule has 0 amide bonds. The number of methoxy groups -OCH3 is 1. The summed E-state index contributed by atoms with van der Waals surface area (Å²) in [4.78, 5) is 14.7. The zero-order valence-electron chi connectivity index (χ0n) is 18.2. The lowest BCUT2D eigenvalue weighted by atomic mass is 9.78. The van der Waals surface area contributed by atoms with Gasteiger partial charge in [0.1, 0.15) is 5.75 Å². The van der Waals surface area contributed by atoms with Crippen molar-refractivity contribution in [3.05, 3.63) is 42.2 Å². The molecule has 1 aromatic heterocycles. The van der Waals surface area contributed by atoms with Crippen molar-refractivity contribution in [1.82, 2.24) is 19.8 Å². The van der Waals surface area contributed by atoms with Gasteiger partial charge in [0.2, 0.25) is 0 Å². The normalized spacial score (nSPS) is 25.5. The molecule has 1 unspecified atom stereocenters. The van der Waals surface area contributed by atoms with Crippen molar-refractivity contribution in [2.45, 2.75) is 45.1 Å². The summed E-state index contributed by atoms with van der Waals surface area (Å²) in [5, 5.41) is 0. The number of rotatable bonds is 6.